The number of rotatable bonds is 5. The van der Waals surface area contributed by atoms with Crippen LogP contribution in [0.2, 0.25) is 0 Å². The van der Waals surface area contributed by atoms with E-state index in [1.165, 1.54) is 30.0 Å². The van der Waals surface area contributed by atoms with Crippen molar-refractivity contribution in [1.29, 1.82) is 0 Å². The van der Waals surface area contributed by atoms with E-state index in [1.807, 2.05) is 23.2 Å². The van der Waals surface area contributed by atoms with E-state index in [1.54, 1.807) is 21.8 Å². The van der Waals surface area contributed by atoms with Gasteiger partial charge in [0.2, 0.25) is 0 Å². The van der Waals surface area contributed by atoms with E-state index in [9.17, 15) is 9.90 Å². The summed E-state index contributed by atoms with van der Waals surface area (Å²) in [4.78, 5) is 24.1. The van der Waals surface area contributed by atoms with Crippen LogP contribution < -0.4 is 10.5 Å². The zero-order chi connectivity index (χ0) is 19.8. The van der Waals surface area contributed by atoms with Gasteiger partial charge in [0.05, 0.1) is 16.8 Å². The SMILES string of the molecule is O=c1cc(N2CCCC(O)C2)nc2cc(CCc3nc(C4CCC4)cs3)ccn12. The van der Waals surface area contributed by atoms with Gasteiger partial charge in [-0.2, -0.15) is 0 Å². The Labute approximate surface area is 173 Å². The first kappa shape index (κ1) is 18.8. The molecule has 1 atom stereocenters. The number of aliphatic hydroxyl groups is 1. The molecule has 1 aliphatic heterocycles. The molecule has 29 heavy (non-hydrogen) atoms. The van der Waals surface area contributed by atoms with Crippen molar-refractivity contribution in [3.8, 4) is 0 Å². The molecule has 152 valence electrons. The van der Waals surface area contributed by atoms with Crippen LogP contribution in [0.5, 0.6) is 0 Å². The van der Waals surface area contributed by atoms with Crippen LogP contribution in [0.25, 0.3) is 5.65 Å². The van der Waals surface area contributed by atoms with Gasteiger partial charge in [0.15, 0.2) is 0 Å². The van der Waals surface area contributed by atoms with Gasteiger partial charge in [-0.05, 0) is 49.8 Å². The number of piperidine rings is 1. The largest absolute Gasteiger partial charge is 0.391 e. The van der Waals surface area contributed by atoms with E-state index < -0.39 is 0 Å². The van der Waals surface area contributed by atoms with E-state index in [2.05, 4.69) is 5.38 Å². The van der Waals surface area contributed by atoms with Crippen molar-refractivity contribution in [2.45, 2.75) is 57.0 Å². The number of aliphatic hydroxyl groups excluding tert-OH is 1. The first-order valence-corrected chi connectivity index (χ1v) is 11.4. The summed E-state index contributed by atoms with van der Waals surface area (Å²) in [6, 6.07) is 5.58. The summed E-state index contributed by atoms with van der Waals surface area (Å²) >= 11 is 1.76. The van der Waals surface area contributed by atoms with Gasteiger partial charge in [0.1, 0.15) is 11.5 Å². The van der Waals surface area contributed by atoms with E-state index in [4.69, 9.17) is 9.97 Å². The lowest BCUT2D eigenvalue weighted by atomic mass is 9.83. The normalized spacial score (nSPS) is 20.2. The second-order valence-electron chi connectivity index (χ2n) is 8.25. The van der Waals surface area contributed by atoms with Gasteiger partial charge < -0.3 is 10.0 Å². The minimum atomic E-state index is -0.349. The smallest absolute Gasteiger partial charge is 0.259 e. The summed E-state index contributed by atoms with van der Waals surface area (Å²) in [6.07, 6.45) is 8.89. The molecular formula is C22H26N4O2S. The molecule has 1 aliphatic carbocycles. The average Bonchev–Trinajstić information content (AvgIpc) is 3.13. The monoisotopic (exact) mass is 410 g/mol. The lowest BCUT2D eigenvalue weighted by Gasteiger charge is -2.30. The zero-order valence-corrected chi connectivity index (χ0v) is 17.3. The van der Waals surface area contributed by atoms with E-state index in [-0.39, 0.29) is 11.7 Å². The molecule has 0 aromatic carbocycles. The number of nitrogens with zero attached hydrogens (tertiary/aromatic N) is 4. The number of hydrogen-bond donors (Lipinski definition) is 1. The molecule has 0 amide bonds. The van der Waals surface area contributed by atoms with Crippen LogP contribution in [0, 0.1) is 0 Å². The molecule has 1 saturated carbocycles. The summed E-state index contributed by atoms with van der Waals surface area (Å²) < 4.78 is 1.59. The van der Waals surface area contributed by atoms with Crippen molar-refractivity contribution < 1.29 is 5.11 Å². The summed E-state index contributed by atoms with van der Waals surface area (Å²) in [6.45, 7) is 1.36. The molecular weight excluding hydrogens is 384 g/mol. The van der Waals surface area contributed by atoms with Crippen molar-refractivity contribution in [2.75, 3.05) is 18.0 Å². The highest BCUT2D eigenvalue weighted by Crippen LogP contribution is 2.36. The summed E-state index contributed by atoms with van der Waals surface area (Å²) in [5.74, 6) is 1.35. The Morgan fingerprint density at radius 2 is 2.03 bits per heavy atom. The second-order valence-corrected chi connectivity index (χ2v) is 9.19. The Hall–Kier alpha value is -2.25. The Morgan fingerprint density at radius 3 is 2.83 bits per heavy atom. The number of aryl methyl sites for hydroxylation is 2. The Kier molecular flexibility index (Phi) is 5.09. The number of fused-ring (bicyclic) bond motifs is 1. The van der Waals surface area contributed by atoms with Crippen molar-refractivity contribution in [2.24, 2.45) is 0 Å². The predicted molar refractivity (Wildman–Crippen MR) is 115 cm³/mol. The summed E-state index contributed by atoms with van der Waals surface area (Å²) in [5.41, 5.74) is 3.02. The molecule has 3 aromatic rings. The van der Waals surface area contributed by atoms with Crippen molar-refractivity contribution in [3.63, 3.8) is 0 Å². The number of anilines is 1. The van der Waals surface area contributed by atoms with Crippen LogP contribution in [0.1, 0.15) is 54.3 Å². The van der Waals surface area contributed by atoms with Crippen LogP contribution in [0.3, 0.4) is 0 Å². The highest BCUT2D eigenvalue weighted by atomic mass is 32.1. The zero-order valence-electron chi connectivity index (χ0n) is 16.5. The molecule has 3 aromatic heterocycles. The van der Waals surface area contributed by atoms with Crippen LogP contribution in [0.4, 0.5) is 5.82 Å². The number of pyridine rings is 1. The molecule has 6 nitrogen and oxygen atoms in total. The van der Waals surface area contributed by atoms with Crippen LogP contribution in [-0.2, 0) is 12.8 Å². The average molecular weight is 411 g/mol. The van der Waals surface area contributed by atoms with E-state index >= 15 is 0 Å². The fourth-order valence-electron chi connectivity index (χ4n) is 4.20. The minimum absolute atomic E-state index is 0.0818. The van der Waals surface area contributed by atoms with Crippen LogP contribution >= 0.6 is 11.3 Å². The van der Waals surface area contributed by atoms with Gasteiger partial charge >= 0.3 is 0 Å². The van der Waals surface area contributed by atoms with Crippen LogP contribution in [0.15, 0.2) is 34.6 Å². The number of hydrogen-bond acceptors (Lipinski definition) is 6. The molecule has 0 spiro atoms. The van der Waals surface area contributed by atoms with Gasteiger partial charge in [0.25, 0.3) is 5.56 Å². The molecule has 4 heterocycles. The fourth-order valence-corrected chi connectivity index (χ4v) is 5.08. The third-order valence-corrected chi connectivity index (χ3v) is 7.09. The fraction of sp³-hybridized carbons (Fsp3) is 0.500. The number of thiazole rings is 1. The first-order chi connectivity index (χ1) is 14.2. The topological polar surface area (TPSA) is 70.7 Å². The summed E-state index contributed by atoms with van der Waals surface area (Å²) in [5, 5.41) is 13.4. The molecule has 1 N–H and O–H groups in total. The highest BCUT2D eigenvalue weighted by molar-refractivity contribution is 7.09. The molecule has 1 saturated heterocycles. The lowest BCUT2D eigenvalue weighted by molar-refractivity contribution is 0.154. The maximum atomic E-state index is 12.5. The lowest BCUT2D eigenvalue weighted by Crippen LogP contribution is -2.39. The second kappa shape index (κ2) is 7.88. The standard InChI is InChI=1S/C22H26N4O2S/c27-17-5-2-9-25(13-17)19-12-22(28)26-10-8-15(11-20(26)24-19)6-7-21-23-18(14-29-21)16-3-1-4-16/h8,10-12,14,16-17,27H,1-7,9,13H2. The quantitative estimate of drug-likeness (QED) is 0.700. The minimum Gasteiger partial charge on any atom is -0.391 e. The van der Waals surface area contributed by atoms with Crippen molar-refractivity contribution in [3.05, 3.63) is 56.4 Å². The molecule has 2 aliphatic rings. The molecule has 2 fully saturated rings. The Balaban J connectivity index is 1.34. The molecule has 0 radical (unpaired) electrons. The van der Waals surface area contributed by atoms with Gasteiger partial charge in [0, 0.05) is 43.1 Å². The maximum Gasteiger partial charge on any atom is 0.259 e. The Bertz CT molecular complexity index is 1070. The van der Waals surface area contributed by atoms with Crippen molar-refractivity contribution >= 4 is 22.8 Å². The summed E-state index contributed by atoms with van der Waals surface area (Å²) in [7, 11) is 0. The first-order valence-electron chi connectivity index (χ1n) is 10.6. The maximum absolute atomic E-state index is 12.5. The van der Waals surface area contributed by atoms with Gasteiger partial charge in [-0.25, -0.2) is 9.97 Å². The third kappa shape index (κ3) is 3.94. The van der Waals surface area contributed by atoms with Gasteiger partial charge in [-0.15, -0.1) is 11.3 Å². The predicted octanol–water partition coefficient (Wildman–Crippen LogP) is 3.16. The third-order valence-electron chi connectivity index (χ3n) is 6.16. The molecule has 7 heteroatoms. The molecule has 0 bridgehead atoms. The number of aromatic nitrogens is 3. The Morgan fingerprint density at radius 1 is 1.14 bits per heavy atom. The van der Waals surface area contributed by atoms with Gasteiger partial charge in [-0.1, -0.05) is 6.42 Å². The highest BCUT2D eigenvalue weighted by Gasteiger charge is 2.22. The van der Waals surface area contributed by atoms with Gasteiger partial charge in [-0.3, -0.25) is 9.20 Å². The van der Waals surface area contributed by atoms with E-state index in [0.29, 0.717) is 23.9 Å². The molecule has 1 unspecified atom stereocenters. The van der Waals surface area contributed by atoms with Crippen molar-refractivity contribution in [1.82, 2.24) is 14.4 Å². The number of β-amino-alcohol motifs (C(OH)–C–C–N with tert-alkyl or cyclic N) is 1. The van der Waals surface area contributed by atoms with Crippen LogP contribution in [-0.4, -0.2) is 38.7 Å². The molecule has 5 rings (SSSR count). The van der Waals surface area contributed by atoms with E-state index in [0.717, 1.165) is 37.8 Å².